The fourth-order valence-corrected chi connectivity index (χ4v) is 5.11. The second kappa shape index (κ2) is 37.4. The van der Waals surface area contributed by atoms with Gasteiger partial charge in [-0.25, -0.2) is 0 Å². The molecule has 0 aromatic carbocycles. The molecular formula is C36H72O5. The molecule has 0 atom stereocenters. The molecule has 5 heteroatoms. The first-order valence-corrected chi connectivity index (χ1v) is 18.2. The van der Waals surface area contributed by atoms with Crippen molar-refractivity contribution in [2.75, 3.05) is 46.2 Å². The van der Waals surface area contributed by atoms with Gasteiger partial charge < -0.3 is 18.9 Å². The van der Waals surface area contributed by atoms with Gasteiger partial charge in [0.25, 0.3) is 0 Å². The molecule has 0 aromatic heterocycles. The Morgan fingerprint density at radius 3 is 1.02 bits per heavy atom. The van der Waals surface area contributed by atoms with Crippen LogP contribution in [0.2, 0.25) is 0 Å². The number of carbonyl (C=O) groups is 1. The maximum Gasteiger partial charge on any atom is 0.305 e. The molecule has 0 saturated heterocycles. The SMILES string of the molecule is CCCCCCCCCCCCCCCCOC(=O)CCCOCCOCCOCCCCCCCCCCCC. The second-order valence-corrected chi connectivity index (χ2v) is 11.9. The number of unbranched alkanes of at least 4 members (excludes halogenated alkanes) is 22. The molecule has 0 heterocycles. The third-order valence-corrected chi connectivity index (χ3v) is 7.82. The first kappa shape index (κ1) is 40.4. The summed E-state index contributed by atoms with van der Waals surface area (Å²) >= 11 is 0. The van der Waals surface area contributed by atoms with E-state index in [1.165, 1.54) is 135 Å². The summed E-state index contributed by atoms with van der Waals surface area (Å²) < 4.78 is 22.1. The van der Waals surface area contributed by atoms with Gasteiger partial charge in [-0.05, 0) is 19.3 Å². The Labute approximate surface area is 256 Å². The smallest absolute Gasteiger partial charge is 0.305 e. The van der Waals surface area contributed by atoms with E-state index in [0.717, 1.165) is 25.9 Å². The van der Waals surface area contributed by atoms with Gasteiger partial charge in [0.15, 0.2) is 0 Å². The minimum atomic E-state index is -0.0981. The van der Waals surface area contributed by atoms with Crippen LogP contribution in [0.1, 0.15) is 181 Å². The highest BCUT2D eigenvalue weighted by atomic mass is 16.5. The molecule has 0 aromatic rings. The highest BCUT2D eigenvalue weighted by Gasteiger charge is 2.03. The zero-order chi connectivity index (χ0) is 29.7. The summed E-state index contributed by atoms with van der Waals surface area (Å²) in [5.41, 5.74) is 0. The number of carbonyl (C=O) groups excluding carboxylic acids is 1. The van der Waals surface area contributed by atoms with Crippen LogP contribution in [0.25, 0.3) is 0 Å². The highest BCUT2D eigenvalue weighted by molar-refractivity contribution is 5.69. The zero-order valence-electron chi connectivity index (χ0n) is 27.9. The Hall–Kier alpha value is -0.650. The number of hydrogen-bond donors (Lipinski definition) is 0. The third-order valence-electron chi connectivity index (χ3n) is 7.82. The van der Waals surface area contributed by atoms with Gasteiger partial charge in [-0.15, -0.1) is 0 Å². The van der Waals surface area contributed by atoms with E-state index in [1.54, 1.807) is 0 Å². The first-order valence-electron chi connectivity index (χ1n) is 18.2. The summed E-state index contributed by atoms with van der Waals surface area (Å²) in [6.07, 6.45) is 33.3. The Bertz CT molecular complexity index is 485. The van der Waals surface area contributed by atoms with E-state index < -0.39 is 0 Å². The zero-order valence-corrected chi connectivity index (χ0v) is 27.9. The van der Waals surface area contributed by atoms with Crippen LogP contribution >= 0.6 is 0 Å². The van der Waals surface area contributed by atoms with Crippen LogP contribution in [0.15, 0.2) is 0 Å². The number of rotatable bonds is 36. The second-order valence-electron chi connectivity index (χ2n) is 11.9. The van der Waals surface area contributed by atoms with Crippen molar-refractivity contribution in [2.45, 2.75) is 181 Å². The molecule has 0 bridgehead atoms. The van der Waals surface area contributed by atoms with E-state index in [1.807, 2.05) is 0 Å². The lowest BCUT2D eigenvalue weighted by Crippen LogP contribution is -2.11. The van der Waals surface area contributed by atoms with E-state index in [4.69, 9.17) is 18.9 Å². The van der Waals surface area contributed by atoms with Crippen LogP contribution in [0.5, 0.6) is 0 Å². The first-order chi connectivity index (χ1) is 20.3. The van der Waals surface area contributed by atoms with Crippen LogP contribution in [0.4, 0.5) is 0 Å². The van der Waals surface area contributed by atoms with Gasteiger partial charge in [-0.1, -0.05) is 155 Å². The Balaban J connectivity index is 3.14. The fourth-order valence-electron chi connectivity index (χ4n) is 5.11. The van der Waals surface area contributed by atoms with Crippen LogP contribution in [0, 0.1) is 0 Å². The fraction of sp³-hybridized carbons (Fsp3) is 0.972. The van der Waals surface area contributed by atoms with Gasteiger partial charge in [0, 0.05) is 19.6 Å². The van der Waals surface area contributed by atoms with Gasteiger partial charge >= 0.3 is 5.97 Å². The lowest BCUT2D eigenvalue weighted by atomic mass is 10.0. The Kier molecular flexibility index (Phi) is 36.8. The molecule has 0 aliphatic heterocycles. The standard InChI is InChI=1S/C36H72O5/c1-3-5-7-9-11-13-15-16-17-18-20-22-24-26-31-41-36(37)28-27-30-39-33-35-40-34-32-38-29-25-23-21-19-14-12-10-8-6-4-2/h3-35H2,1-2H3. The van der Waals surface area contributed by atoms with Gasteiger partial charge in [-0.2, -0.15) is 0 Å². The molecular weight excluding hydrogens is 512 g/mol. The molecule has 0 spiro atoms. The van der Waals surface area contributed by atoms with Crippen molar-refractivity contribution in [3.8, 4) is 0 Å². The van der Waals surface area contributed by atoms with Crippen LogP contribution in [-0.4, -0.2) is 52.2 Å². The van der Waals surface area contributed by atoms with E-state index in [-0.39, 0.29) is 5.97 Å². The molecule has 0 amide bonds. The molecule has 0 rings (SSSR count). The predicted octanol–water partition coefficient (Wildman–Crippen LogP) is 10.8. The Morgan fingerprint density at radius 1 is 0.341 bits per heavy atom. The largest absolute Gasteiger partial charge is 0.466 e. The molecule has 0 N–H and O–H groups in total. The molecule has 0 saturated carbocycles. The van der Waals surface area contributed by atoms with Gasteiger partial charge in [0.05, 0.1) is 33.0 Å². The van der Waals surface area contributed by atoms with Crippen molar-refractivity contribution in [3.05, 3.63) is 0 Å². The minimum Gasteiger partial charge on any atom is -0.466 e. The normalized spacial score (nSPS) is 11.4. The molecule has 0 aliphatic carbocycles. The minimum absolute atomic E-state index is 0.0981. The summed E-state index contributed by atoms with van der Waals surface area (Å²) in [7, 11) is 0. The van der Waals surface area contributed by atoms with Crippen LogP contribution < -0.4 is 0 Å². The van der Waals surface area contributed by atoms with Crippen molar-refractivity contribution in [2.24, 2.45) is 0 Å². The van der Waals surface area contributed by atoms with Crippen molar-refractivity contribution >= 4 is 5.97 Å². The van der Waals surface area contributed by atoms with E-state index in [9.17, 15) is 4.79 Å². The quantitative estimate of drug-likeness (QED) is 0.0541. The topological polar surface area (TPSA) is 54.0 Å². The lowest BCUT2D eigenvalue weighted by molar-refractivity contribution is -0.144. The summed E-state index contributed by atoms with van der Waals surface area (Å²) in [5, 5.41) is 0. The summed E-state index contributed by atoms with van der Waals surface area (Å²) in [5.74, 6) is -0.0981. The van der Waals surface area contributed by atoms with E-state index in [2.05, 4.69) is 13.8 Å². The molecule has 41 heavy (non-hydrogen) atoms. The van der Waals surface area contributed by atoms with Crippen molar-refractivity contribution in [3.63, 3.8) is 0 Å². The van der Waals surface area contributed by atoms with Crippen LogP contribution in [-0.2, 0) is 23.7 Å². The van der Waals surface area contributed by atoms with Crippen molar-refractivity contribution in [1.82, 2.24) is 0 Å². The van der Waals surface area contributed by atoms with Crippen molar-refractivity contribution < 1.29 is 23.7 Å². The molecule has 0 fully saturated rings. The third kappa shape index (κ3) is 37.3. The van der Waals surface area contributed by atoms with Gasteiger partial charge in [0.2, 0.25) is 0 Å². The molecule has 0 aliphatic rings. The van der Waals surface area contributed by atoms with Gasteiger partial charge in [0.1, 0.15) is 0 Å². The summed E-state index contributed by atoms with van der Waals surface area (Å²) in [4.78, 5) is 11.9. The Morgan fingerprint density at radius 2 is 0.634 bits per heavy atom. The summed E-state index contributed by atoms with van der Waals surface area (Å²) in [6, 6.07) is 0. The molecule has 246 valence electrons. The molecule has 0 unspecified atom stereocenters. The average Bonchev–Trinajstić information content (AvgIpc) is 2.98. The lowest BCUT2D eigenvalue weighted by Gasteiger charge is -2.07. The van der Waals surface area contributed by atoms with E-state index in [0.29, 0.717) is 52.5 Å². The average molecular weight is 585 g/mol. The van der Waals surface area contributed by atoms with Crippen LogP contribution in [0.3, 0.4) is 0 Å². The highest BCUT2D eigenvalue weighted by Crippen LogP contribution is 2.13. The molecule has 0 radical (unpaired) electrons. The van der Waals surface area contributed by atoms with E-state index >= 15 is 0 Å². The monoisotopic (exact) mass is 585 g/mol. The maximum absolute atomic E-state index is 11.9. The molecule has 5 nitrogen and oxygen atoms in total. The number of esters is 1. The summed E-state index contributed by atoms with van der Waals surface area (Å²) in [6.45, 7) is 8.94. The number of ether oxygens (including phenoxy) is 4. The number of hydrogen-bond acceptors (Lipinski definition) is 5. The predicted molar refractivity (Wildman–Crippen MR) is 175 cm³/mol. The maximum atomic E-state index is 11.9. The van der Waals surface area contributed by atoms with Gasteiger partial charge in [-0.3, -0.25) is 4.79 Å². The van der Waals surface area contributed by atoms with Crippen molar-refractivity contribution in [1.29, 1.82) is 0 Å².